The van der Waals surface area contributed by atoms with Crippen molar-refractivity contribution in [1.82, 2.24) is 15.1 Å². The summed E-state index contributed by atoms with van der Waals surface area (Å²) in [6, 6.07) is -0.0482. The lowest BCUT2D eigenvalue weighted by Gasteiger charge is -2.18. The van der Waals surface area contributed by atoms with Gasteiger partial charge in [0.1, 0.15) is 0 Å². The van der Waals surface area contributed by atoms with E-state index in [0.717, 1.165) is 37.3 Å². The Morgan fingerprint density at radius 2 is 2.53 bits per heavy atom. The Bertz CT molecular complexity index is 359. The van der Waals surface area contributed by atoms with Crippen LogP contribution in [-0.2, 0) is 11.8 Å². The highest BCUT2D eigenvalue weighted by molar-refractivity contribution is 5.20. The van der Waals surface area contributed by atoms with E-state index in [0.29, 0.717) is 6.10 Å². The third kappa shape index (κ3) is 2.86. The minimum absolute atomic E-state index is 0.0482. The van der Waals surface area contributed by atoms with E-state index >= 15 is 0 Å². The third-order valence-corrected chi connectivity index (χ3v) is 3.45. The first-order valence-electron chi connectivity index (χ1n) is 6.16. The molecule has 2 N–H and O–H groups in total. The number of aromatic nitrogens is 2. The van der Waals surface area contributed by atoms with Crippen LogP contribution in [0, 0.1) is 6.92 Å². The van der Waals surface area contributed by atoms with Gasteiger partial charge in [-0.2, -0.15) is 5.10 Å². The molecule has 2 atom stereocenters. The van der Waals surface area contributed by atoms with E-state index in [2.05, 4.69) is 10.4 Å². The summed E-state index contributed by atoms with van der Waals surface area (Å²) in [4.78, 5) is 0. The van der Waals surface area contributed by atoms with Gasteiger partial charge in [0.15, 0.2) is 0 Å². The maximum Gasteiger partial charge on any atom is 0.0700 e. The van der Waals surface area contributed by atoms with Crippen molar-refractivity contribution in [2.45, 2.75) is 31.9 Å². The summed E-state index contributed by atoms with van der Waals surface area (Å²) >= 11 is 0. The van der Waals surface area contributed by atoms with Gasteiger partial charge in [0, 0.05) is 31.5 Å². The standard InChI is InChI=1S/C12H21N3O2/c1-9-11(7-14-15(9)2)12(8-16)13-6-10-4-3-5-17-10/h7,10,12-13,16H,3-6,8H2,1-2H3. The fraction of sp³-hybridized carbons (Fsp3) is 0.750. The number of aliphatic hydroxyl groups is 1. The Morgan fingerprint density at radius 1 is 1.71 bits per heavy atom. The van der Waals surface area contributed by atoms with E-state index in [1.54, 1.807) is 0 Å². The molecule has 5 nitrogen and oxygen atoms in total. The molecule has 17 heavy (non-hydrogen) atoms. The van der Waals surface area contributed by atoms with Crippen molar-refractivity contribution in [3.05, 3.63) is 17.5 Å². The Balaban J connectivity index is 1.94. The monoisotopic (exact) mass is 239 g/mol. The molecule has 0 bridgehead atoms. The minimum Gasteiger partial charge on any atom is -0.394 e. The number of nitrogens with zero attached hydrogens (tertiary/aromatic N) is 2. The second-order valence-electron chi connectivity index (χ2n) is 4.59. The summed E-state index contributed by atoms with van der Waals surface area (Å²) < 4.78 is 7.38. The second-order valence-corrected chi connectivity index (χ2v) is 4.59. The largest absolute Gasteiger partial charge is 0.394 e. The molecule has 2 unspecified atom stereocenters. The zero-order valence-corrected chi connectivity index (χ0v) is 10.5. The van der Waals surface area contributed by atoms with Crippen LogP contribution in [0.3, 0.4) is 0 Å². The maximum absolute atomic E-state index is 9.45. The van der Waals surface area contributed by atoms with Crippen LogP contribution >= 0.6 is 0 Å². The quantitative estimate of drug-likeness (QED) is 0.787. The highest BCUT2D eigenvalue weighted by atomic mass is 16.5. The predicted molar refractivity (Wildman–Crippen MR) is 64.7 cm³/mol. The van der Waals surface area contributed by atoms with Crippen LogP contribution in [0.1, 0.15) is 30.1 Å². The molecule has 0 saturated carbocycles. The molecule has 0 aliphatic carbocycles. The molecular weight excluding hydrogens is 218 g/mol. The molecular formula is C12H21N3O2. The van der Waals surface area contributed by atoms with E-state index in [4.69, 9.17) is 4.74 Å². The maximum atomic E-state index is 9.45. The van der Waals surface area contributed by atoms with Gasteiger partial charge in [-0.05, 0) is 19.8 Å². The van der Waals surface area contributed by atoms with E-state index in [9.17, 15) is 5.11 Å². The molecule has 1 aromatic rings. The van der Waals surface area contributed by atoms with Crippen LogP contribution in [0.15, 0.2) is 6.20 Å². The molecule has 5 heteroatoms. The van der Waals surface area contributed by atoms with E-state index in [1.807, 2.05) is 24.9 Å². The normalized spacial score (nSPS) is 21.9. The smallest absolute Gasteiger partial charge is 0.0700 e. The zero-order chi connectivity index (χ0) is 12.3. The van der Waals surface area contributed by atoms with E-state index < -0.39 is 0 Å². The lowest BCUT2D eigenvalue weighted by molar-refractivity contribution is 0.104. The van der Waals surface area contributed by atoms with Crippen molar-refractivity contribution < 1.29 is 9.84 Å². The molecule has 0 aromatic carbocycles. The van der Waals surface area contributed by atoms with E-state index in [-0.39, 0.29) is 12.6 Å². The predicted octanol–water partition coefficient (Wildman–Crippen LogP) is 0.531. The molecule has 2 heterocycles. The second kappa shape index (κ2) is 5.62. The number of rotatable bonds is 5. The molecule has 1 aliphatic heterocycles. The Hall–Kier alpha value is -0.910. The van der Waals surface area contributed by atoms with Gasteiger partial charge >= 0.3 is 0 Å². The van der Waals surface area contributed by atoms with Gasteiger partial charge in [0.05, 0.1) is 24.9 Å². The van der Waals surface area contributed by atoms with Crippen LogP contribution in [0.25, 0.3) is 0 Å². The van der Waals surface area contributed by atoms with Gasteiger partial charge in [-0.1, -0.05) is 0 Å². The summed E-state index contributed by atoms with van der Waals surface area (Å²) in [5, 5.41) is 17.0. The van der Waals surface area contributed by atoms with Crippen molar-refractivity contribution in [1.29, 1.82) is 0 Å². The van der Waals surface area contributed by atoms with Crippen molar-refractivity contribution in [3.63, 3.8) is 0 Å². The number of hydrogen-bond acceptors (Lipinski definition) is 4. The minimum atomic E-state index is -0.0482. The van der Waals surface area contributed by atoms with Crippen LogP contribution in [0.5, 0.6) is 0 Å². The fourth-order valence-electron chi connectivity index (χ4n) is 2.21. The summed E-state index contributed by atoms with van der Waals surface area (Å²) in [5.74, 6) is 0. The molecule has 2 rings (SSSR count). The third-order valence-electron chi connectivity index (χ3n) is 3.45. The van der Waals surface area contributed by atoms with Gasteiger partial charge < -0.3 is 15.2 Å². The Morgan fingerprint density at radius 3 is 3.06 bits per heavy atom. The van der Waals surface area contributed by atoms with Crippen molar-refractivity contribution in [2.24, 2.45) is 7.05 Å². The fourth-order valence-corrected chi connectivity index (χ4v) is 2.21. The number of aryl methyl sites for hydroxylation is 1. The van der Waals surface area contributed by atoms with Crippen LogP contribution in [0.2, 0.25) is 0 Å². The molecule has 0 amide bonds. The summed E-state index contributed by atoms with van der Waals surface area (Å²) in [7, 11) is 1.91. The average Bonchev–Trinajstić information content (AvgIpc) is 2.94. The number of nitrogens with one attached hydrogen (secondary N) is 1. The van der Waals surface area contributed by atoms with Gasteiger partial charge in [0.2, 0.25) is 0 Å². The molecule has 1 aliphatic rings. The van der Waals surface area contributed by atoms with Crippen LogP contribution in [-0.4, -0.2) is 40.7 Å². The average molecular weight is 239 g/mol. The topological polar surface area (TPSA) is 59.3 Å². The first-order chi connectivity index (χ1) is 8.22. The summed E-state index contributed by atoms with van der Waals surface area (Å²) in [6.45, 7) is 3.75. The first-order valence-corrected chi connectivity index (χ1v) is 6.16. The Kier molecular flexibility index (Phi) is 4.15. The molecule has 1 fully saturated rings. The molecule has 1 aromatic heterocycles. The van der Waals surface area contributed by atoms with Gasteiger partial charge in [0.25, 0.3) is 0 Å². The van der Waals surface area contributed by atoms with Crippen molar-refractivity contribution in [2.75, 3.05) is 19.8 Å². The first kappa shape index (κ1) is 12.5. The molecule has 0 spiro atoms. The van der Waals surface area contributed by atoms with Crippen molar-refractivity contribution >= 4 is 0 Å². The Labute approximate surface area is 102 Å². The number of hydrogen-bond donors (Lipinski definition) is 2. The lowest BCUT2D eigenvalue weighted by Crippen LogP contribution is -2.32. The SMILES string of the molecule is Cc1c(C(CO)NCC2CCCO2)cnn1C. The number of aliphatic hydroxyl groups excluding tert-OH is 1. The summed E-state index contributed by atoms with van der Waals surface area (Å²) in [6.07, 6.45) is 4.36. The van der Waals surface area contributed by atoms with E-state index in [1.165, 1.54) is 0 Å². The van der Waals surface area contributed by atoms with Crippen LogP contribution in [0.4, 0.5) is 0 Å². The molecule has 1 saturated heterocycles. The summed E-state index contributed by atoms with van der Waals surface area (Å²) in [5.41, 5.74) is 2.15. The van der Waals surface area contributed by atoms with Crippen LogP contribution < -0.4 is 5.32 Å². The molecule has 0 radical (unpaired) electrons. The lowest BCUT2D eigenvalue weighted by atomic mass is 10.1. The highest BCUT2D eigenvalue weighted by Gasteiger charge is 2.20. The highest BCUT2D eigenvalue weighted by Crippen LogP contribution is 2.17. The zero-order valence-electron chi connectivity index (χ0n) is 10.5. The van der Waals surface area contributed by atoms with Gasteiger partial charge in [-0.25, -0.2) is 0 Å². The van der Waals surface area contributed by atoms with Crippen molar-refractivity contribution in [3.8, 4) is 0 Å². The van der Waals surface area contributed by atoms with Gasteiger partial charge in [-0.15, -0.1) is 0 Å². The number of ether oxygens (including phenoxy) is 1. The molecule has 96 valence electrons. The van der Waals surface area contributed by atoms with Gasteiger partial charge in [-0.3, -0.25) is 4.68 Å².